The van der Waals surface area contributed by atoms with E-state index in [1.165, 1.54) is 6.08 Å². The zero-order valence-electron chi connectivity index (χ0n) is 5.17. The van der Waals surface area contributed by atoms with Crippen molar-refractivity contribution in [2.45, 2.75) is 6.42 Å². The van der Waals surface area contributed by atoms with Crippen molar-refractivity contribution in [1.29, 1.82) is 5.26 Å². The summed E-state index contributed by atoms with van der Waals surface area (Å²) in [5.41, 5.74) is 0.518. The van der Waals surface area contributed by atoms with Crippen LogP contribution >= 0.6 is 0 Å². The number of hydrogen-bond donors (Lipinski definition) is 1. The van der Waals surface area contributed by atoms with E-state index in [9.17, 15) is 0 Å². The zero-order chi connectivity index (χ0) is 7.11. The molecular weight excluding hydrogens is 114 g/mol. The van der Waals surface area contributed by atoms with Crippen LogP contribution in [0, 0.1) is 11.3 Å². The monoisotopic (exact) mass is 123 g/mol. The molecule has 0 heterocycles. The fraction of sp³-hybridized carbons (Fsp3) is 0.286. The molecule has 0 fully saturated rings. The lowest BCUT2D eigenvalue weighted by atomic mass is 10.2. The van der Waals surface area contributed by atoms with Crippen molar-refractivity contribution in [3.63, 3.8) is 0 Å². The molecule has 0 aliphatic carbocycles. The van der Waals surface area contributed by atoms with E-state index in [-0.39, 0.29) is 6.61 Å². The lowest BCUT2D eigenvalue weighted by Crippen LogP contribution is -1.78. The molecule has 0 aromatic heterocycles. The fourth-order valence-corrected chi connectivity index (χ4v) is 0.395. The molecule has 0 unspecified atom stereocenters. The Morgan fingerprint density at radius 3 is 2.78 bits per heavy atom. The maximum absolute atomic E-state index is 8.32. The van der Waals surface area contributed by atoms with Crippen LogP contribution in [0.1, 0.15) is 6.42 Å². The molecule has 0 saturated carbocycles. The van der Waals surface area contributed by atoms with Crippen LogP contribution in [0.2, 0.25) is 0 Å². The van der Waals surface area contributed by atoms with E-state index in [0.717, 1.165) is 0 Å². The standard InChI is InChI=1S/C7H9NO/c1-2-7(6-8)4-3-5-9/h2,4,9H,1,3,5H2/b7-4+. The quantitative estimate of drug-likeness (QED) is 0.449. The molecule has 0 aliphatic rings. The van der Waals surface area contributed by atoms with Crippen molar-refractivity contribution in [2.75, 3.05) is 6.61 Å². The second kappa shape index (κ2) is 5.07. The van der Waals surface area contributed by atoms with Crippen LogP contribution in [0.3, 0.4) is 0 Å². The Morgan fingerprint density at radius 1 is 1.78 bits per heavy atom. The molecule has 2 nitrogen and oxygen atoms in total. The smallest absolute Gasteiger partial charge is 0.0988 e. The van der Waals surface area contributed by atoms with Gasteiger partial charge in [0.15, 0.2) is 0 Å². The summed E-state index contributed by atoms with van der Waals surface area (Å²) in [6, 6.07) is 1.92. The number of rotatable bonds is 3. The summed E-state index contributed by atoms with van der Waals surface area (Å²) >= 11 is 0. The summed E-state index contributed by atoms with van der Waals surface area (Å²) < 4.78 is 0. The van der Waals surface area contributed by atoms with Crippen LogP contribution < -0.4 is 0 Å². The highest BCUT2D eigenvalue weighted by Gasteiger charge is 1.83. The molecule has 0 spiro atoms. The summed E-state index contributed by atoms with van der Waals surface area (Å²) in [7, 11) is 0. The van der Waals surface area contributed by atoms with E-state index in [2.05, 4.69) is 6.58 Å². The van der Waals surface area contributed by atoms with Crippen LogP contribution in [0.5, 0.6) is 0 Å². The predicted molar refractivity (Wildman–Crippen MR) is 35.6 cm³/mol. The van der Waals surface area contributed by atoms with Crippen molar-refractivity contribution < 1.29 is 5.11 Å². The first kappa shape index (κ1) is 7.93. The number of aliphatic hydroxyl groups excluding tert-OH is 1. The lowest BCUT2D eigenvalue weighted by molar-refractivity contribution is 0.302. The Morgan fingerprint density at radius 2 is 2.44 bits per heavy atom. The molecule has 0 saturated heterocycles. The summed E-state index contributed by atoms with van der Waals surface area (Å²) in [6.07, 6.45) is 3.64. The minimum absolute atomic E-state index is 0.0824. The molecule has 0 atom stereocenters. The van der Waals surface area contributed by atoms with Crippen molar-refractivity contribution in [3.8, 4) is 6.07 Å². The third-order valence-corrected chi connectivity index (χ3v) is 0.842. The van der Waals surface area contributed by atoms with Gasteiger partial charge in [0.2, 0.25) is 0 Å². The van der Waals surface area contributed by atoms with E-state index in [4.69, 9.17) is 10.4 Å². The van der Waals surface area contributed by atoms with Gasteiger partial charge in [0.1, 0.15) is 0 Å². The van der Waals surface area contributed by atoms with Gasteiger partial charge in [0, 0.05) is 12.2 Å². The average Bonchev–Trinajstić information content (AvgIpc) is 1.91. The van der Waals surface area contributed by atoms with Gasteiger partial charge < -0.3 is 5.11 Å². The lowest BCUT2D eigenvalue weighted by Gasteiger charge is -1.84. The van der Waals surface area contributed by atoms with Crippen molar-refractivity contribution >= 4 is 0 Å². The van der Waals surface area contributed by atoms with Crippen LogP contribution in [0.4, 0.5) is 0 Å². The second-order valence-corrected chi connectivity index (χ2v) is 1.49. The minimum atomic E-state index is 0.0824. The number of allylic oxidation sites excluding steroid dienone is 2. The summed E-state index contributed by atoms with van der Waals surface area (Å²) in [5, 5.41) is 16.6. The first-order valence-corrected chi connectivity index (χ1v) is 2.68. The van der Waals surface area contributed by atoms with Crippen LogP contribution in [0.25, 0.3) is 0 Å². The molecule has 0 aromatic rings. The molecule has 0 radical (unpaired) electrons. The zero-order valence-corrected chi connectivity index (χ0v) is 5.17. The van der Waals surface area contributed by atoms with Gasteiger partial charge in [0.25, 0.3) is 0 Å². The molecule has 0 rings (SSSR count). The van der Waals surface area contributed by atoms with Crippen LogP contribution in [0.15, 0.2) is 24.3 Å². The Bertz CT molecular complexity index is 153. The molecule has 0 aliphatic heterocycles. The van der Waals surface area contributed by atoms with Crippen molar-refractivity contribution in [1.82, 2.24) is 0 Å². The third kappa shape index (κ3) is 3.51. The van der Waals surface area contributed by atoms with Crippen molar-refractivity contribution in [2.24, 2.45) is 0 Å². The SMILES string of the molecule is C=C/C(C#N)=C\CCO. The van der Waals surface area contributed by atoms with Crippen LogP contribution in [-0.2, 0) is 0 Å². The third-order valence-electron chi connectivity index (χ3n) is 0.842. The van der Waals surface area contributed by atoms with Crippen LogP contribution in [-0.4, -0.2) is 11.7 Å². The molecule has 0 amide bonds. The van der Waals surface area contributed by atoms with Gasteiger partial charge in [-0.1, -0.05) is 18.7 Å². The molecular formula is C7H9NO. The van der Waals surface area contributed by atoms with E-state index in [1.807, 2.05) is 6.07 Å². The number of nitriles is 1. The topological polar surface area (TPSA) is 44.0 Å². The largest absolute Gasteiger partial charge is 0.396 e. The highest BCUT2D eigenvalue weighted by atomic mass is 16.2. The van der Waals surface area contributed by atoms with Gasteiger partial charge in [0.05, 0.1) is 6.07 Å². The normalized spacial score (nSPS) is 10.4. The molecule has 48 valence electrons. The Kier molecular flexibility index (Phi) is 4.47. The van der Waals surface area contributed by atoms with E-state index in [0.29, 0.717) is 12.0 Å². The predicted octanol–water partition coefficient (Wildman–Crippen LogP) is 1.00. The Hall–Kier alpha value is -1.07. The first-order valence-electron chi connectivity index (χ1n) is 2.68. The van der Waals surface area contributed by atoms with E-state index in [1.54, 1.807) is 6.08 Å². The molecule has 9 heavy (non-hydrogen) atoms. The maximum atomic E-state index is 8.32. The second-order valence-electron chi connectivity index (χ2n) is 1.49. The van der Waals surface area contributed by atoms with Gasteiger partial charge in [-0.25, -0.2) is 0 Å². The number of hydrogen-bond acceptors (Lipinski definition) is 2. The van der Waals surface area contributed by atoms with Gasteiger partial charge in [-0.15, -0.1) is 0 Å². The molecule has 1 N–H and O–H groups in total. The van der Waals surface area contributed by atoms with Gasteiger partial charge >= 0.3 is 0 Å². The number of nitrogens with zero attached hydrogens (tertiary/aromatic N) is 1. The van der Waals surface area contributed by atoms with Crippen molar-refractivity contribution in [3.05, 3.63) is 24.3 Å². The highest BCUT2D eigenvalue weighted by Crippen LogP contribution is 1.93. The van der Waals surface area contributed by atoms with Gasteiger partial charge in [-0.2, -0.15) is 5.26 Å². The summed E-state index contributed by atoms with van der Waals surface area (Å²) in [6.45, 7) is 3.49. The average molecular weight is 123 g/mol. The number of aliphatic hydroxyl groups is 1. The first-order chi connectivity index (χ1) is 4.35. The highest BCUT2D eigenvalue weighted by molar-refractivity contribution is 5.30. The Balaban J connectivity index is 3.80. The van der Waals surface area contributed by atoms with Gasteiger partial charge in [-0.05, 0) is 6.42 Å². The summed E-state index contributed by atoms with van der Waals surface area (Å²) in [4.78, 5) is 0. The molecule has 0 aromatic carbocycles. The van der Waals surface area contributed by atoms with E-state index < -0.39 is 0 Å². The van der Waals surface area contributed by atoms with Gasteiger partial charge in [-0.3, -0.25) is 0 Å². The van der Waals surface area contributed by atoms with E-state index >= 15 is 0 Å². The maximum Gasteiger partial charge on any atom is 0.0988 e. The minimum Gasteiger partial charge on any atom is -0.396 e. The molecule has 2 heteroatoms. The summed E-state index contributed by atoms with van der Waals surface area (Å²) in [5.74, 6) is 0. The Labute approximate surface area is 54.7 Å². The fourth-order valence-electron chi connectivity index (χ4n) is 0.395. The molecule has 0 bridgehead atoms.